The lowest BCUT2D eigenvalue weighted by atomic mass is 9.98. The molecule has 5 nitrogen and oxygen atoms in total. The summed E-state index contributed by atoms with van der Waals surface area (Å²) in [4.78, 5) is 27.2. The molecule has 0 saturated carbocycles. The molecule has 0 atom stereocenters. The third kappa shape index (κ3) is 8.00. The van der Waals surface area contributed by atoms with E-state index in [1.807, 2.05) is 20.8 Å². The Hall–Kier alpha value is -1.88. The van der Waals surface area contributed by atoms with Crippen LogP contribution in [0.5, 0.6) is 0 Å². The molecule has 0 bridgehead atoms. The van der Waals surface area contributed by atoms with E-state index in [9.17, 15) is 18.4 Å². The summed E-state index contributed by atoms with van der Waals surface area (Å²) in [5, 5.41) is 0.389. The number of halogens is 2. The Morgan fingerprint density at radius 3 is 2.62 bits per heavy atom. The molecule has 0 aliphatic carbocycles. The summed E-state index contributed by atoms with van der Waals surface area (Å²) in [5.41, 5.74) is -0.0549. The number of nitrogens with zero attached hydrogens (tertiary/aromatic N) is 2. The number of thioether (sulfide) groups is 1. The minimum atomic E-state index is -2.98. The van der Waals surface area contributed by atoms with Gasteiger partial charge in [-0.25, -0.2) is 18.6 Å². The Labute approximate surface area is 156 Å². The van der Waals surface area contributed by atoms with Crippen LogP contribution in [0.4, 0.5) is 8.78 Å². The van der Waals surface area contributed by atoms with Gasteiger partial charge in [0.2, 0.25) is 0 Å². The Balaban J connectivity index is 2.43. The molecule has 0 aliphatic rings. The van der Waals surface area contributed by atoms with Gasteiger partial charge in [-0.15, -0.1) is 0 Å². The maximum atomic E-state index is 13.9. The van der Waals surface area contributed by atoms with Crippen LogP contribution in [-0.4, -0.2) is 33.8 Å². The Morgan fingerprint density at radius 2 is 2.00 bits per heavy atom. The first-order valence-electron chi connectivity index (χ1n) is 8.14. The molecule has 1 rings (SSSR count). The van der Waals surface area contributed by atoms with Crippen molar-refractivity contribution in [1.29, 1.82) is 0 Å². The first-order valence-corrected chi connectivity index (χ1v) is 9.13. The van der Waals surface area contributed by atoms with Gasteiger partial charge in [-0.2, -0.15) is 0 Å². The molecule has 1 heterocycles. The van der Waals surface area contributed by atoms with Gasteiger partial charge in [0.1, 0.15) is 0 Å². The van der Waals surface area contributed by atoms with Crippen LogP contribution in [0.15, 0.2) is 16.1 Å². The first-order chi connectivity index (χ1) is 11.9. The molecule has 144 valence electrons. The number of carbonyl (C=O) groups is 1. The van der Waals surface area contributed by atoms with Gasteiger partial charge >= 0.3 is 5.97 Å². The number of alkyl halides is 2. The van der Waals surface area contributed by atoms with Crippen molar-refractivity contribution < 1.29 is 18.3 Å². The van der Waals surface area contributed by atoms with Crippen molar-refractivity contribution in [2.24, 2.45) is 12.5 Å². The molecule has 1 aromatic rings. The van der Waals surface area contributed by atoms with E-state index in [-0.39, 0.29) is 16.7 Å². The van der Waals surface area contributed by atoms with Gasteiger partial charge in [0, 0.05) is 48.7 Å². The number of hydrogen-bond donors (Lipinski definition) is 0. The van der Waals surface area contributed by atoms with Gasteiger partial charge in [-0.3, -0.25) is 9.36 Å². The molecule has 8 heteroatoms. The number of aromatic nitrogens is 2. The van der Waals surface area contributed by atoms with Crippen LogP contribution >= 0.6 is 11.8 Å². The summed E-state index contributed by atoms with van der Waals surface area (Å²) in [6.45, 7) is 6.75. The summed E-state index contributed by atoms with van der Waals surface area (Å²) in [6, 6.07) is 0. The third-order valence-corrected chi connectivity index (χ3v) is 4.28. The van der Waals surface area contributed by atoms with E-state index in [1.165, 1.54) is 10.8 Å². The molecule has 0 fully saturated rings. The predicted octanol–water partition coefficient (Wildman–Crippen LogP) is 3.19. The molecular formula is C18H24F2N2O3S. The fourth-order valence-corrected chi connectivity index (χ4v) is 2.75. The van der Waals surface area contributed by atoms with Crippen molar-refractivity contribution in [2.45, 2.75) is 51.6 Å². The Kier molecular flexibility index (Phi) is 7.82. The SMILES string of the molecule is Cc1cnc(SCCC(F)(F)CCOC(=O)C#CC(C)(C)C)n(C)c1=O. The Bertz CT molecular complexity index is 758. The smallest absolute Gasteiger partial charge is 0.384 e. The van der Waals surface area contributed by atoms with E-state index in [4.69, 9.17) is 4.74 Å². The second-order valence-corrected chi connectivity index (χ2v) is 7.99. The molecule has 0 N–H and O–H groups in total. The van der Waals surface area contributed by atoms with Crippen LogP contribution in [0, 0.1) is 24.2 Å². The largest absolute Gasteiger partial charge is 0.456 e. The minimum absolute atomic E-state index is 0.0914. The lowest BCUT2D eigenvalue weighted by Gasteiger charge is -2.16. The molecule has 0 aromatic carbocycles. The second kappa shape index (κ2) is 9.17. The highest BCUT2D eigenvalue weighted by Gasteiger charge is 2.28. The molecule has 0 spiro atoms. The van der Waals surface area contributed by atoms with Gasteiger partial charge in [0.25, 0.3) is 11.5 Å². The molecule has 0 radical (unpaired) electrons. The van der Waals surface area contributed by atoms with Crippen molar-refractivity contribution in [3.63, 3.8) is 0 Å². The van der Waals surface area contributed by atoms with Gasteiger partial charge in [-0.1, -0.05) is 17.7 Å². The van der Waals surface area contributed by atoms with Crippen LogP contribution in [0.3, 0.4) is 0 Å². The van der Waals surface area contributed by atoms with E-state index in [1.54, 1.807) is 14.0 Å². The summed E-state index contributed by atoms with van der Waals surface area (Å²) in [7, 11) is 1.56. The highest BCUT2D eigenvalue weighted by Crippen LogP contribution is 2.26. The van der Waals surface area contributed by atoms with E-state index < -0.39 is 31.3 Å². The number of hydrogen-bond acceptors (Lipinski definition) is 5. The summed E-state index contributed by atoms with van der Waals surface area (Å²) in [6.07, 6.45) is 0.449. The van der Waals surface area contributed by atoms with Gasteiger partial charge in [0.15, 0.2) is 5.16 Å². The van der Waals surface area contributed by atoms with Crippen molar-refractivity contribution in [2.75, 3.05) is 12.4 Å². The fourth-order valence-electron chi connectivity index (χ4n) is 1.76. The minimum Gasteiger partial charge on any atom is -0.456 e. The van der Waals surface area contributed by atoms with Gasteiger partial charge in [-0.05, 0) is 27.7 Å². The van der Waals surface area contributed by atoms with Crippen LogP contribution in [0.2, 0.25) is 0 Å². The number of carbonyl (C=O) groups excluding carboxylic acids is 1. The Morgan fingerprint density at radius 1 is 1.35 bits per heavy atom. The fraction of sp³-hybridized carbons (Fsp3) is 0.611. The van der Waals surface area contributed by atoms with Gasteiger partial charge < -0.3 is 4.74 Å². The highest BCUT2D eigenvalue weighted by molar-refractivity contribution is 7.99. The molecular weight excluding hydrogens is 362 g/mol. The van der Waals surface area contributed by atoms with E-state index >= 15 is 0 Å². The summed E-state index contributed by atoms with van der Waals surface area (Å²) >= 11 is 1.09. The molecule has 1 aromatic heterocycles. The second-order valence-electron chi connectivity index (χ2n) is 6.93. The molecule has 0 amide bonds. The quantitative estimate of drug-likeness (QED) is 0.237. The van der Waals surface area contributed by atoms with Crippen molar-refractivity contribution >= 4 is 17.7 Å². The summed E-state index contributed by atoms with van der Waals surface area (Å²) in [5.74, 6) is 1.29. The van der Waals surface area contributed by atoms with Crippen molar-refractivity contribution in [1.82, 2.24) is 9.55 Å². The van der Waals surface area contributed by atoms with Gasteiger partial charge in [0.05, 0.1) is 6.61 Å². The van der Waals surface area contributed by atoms with E-state index in [0.29, 0.717) is 10.7 Å². The standard InChI is InChI=1S/C18H24F2N2O3S/c1-13-12-21-16(22(5)15(13)24)26-11-9-18(19,20)8-10-25-14(23)6-7-17(2,3)4/h12H,8-11H2,1-5H3. The number of rotatable bonds is 7. The molecule has 0 saturated heterocycles. The van der Waals surface area contributed by atoms with Crippen molar-refractivity contribution in [3.05, 3.63) is 22.1 Å². The molecule has 0 aliphatic heterocycles. The lowest BCUT2D eigenvalue weighted by molar-refractivity contribution is -0.139. The monoisotopic (exact) mass is 386 g/mol. The highest BCUT2D eigenvalue weighted by atomic mass is 32.2. The third-order valence-electron chi connectivity index (χ3n) is 3.24. The zero-order valence-electron chi connectivity index (χ0n) is 15.7. The predicted molar refractivity (Wildman–Crippen MR) is 97.3 cm³/mol. The topological polar surface area (TPSA) is 61.2 Å². The molecule has 26 heavy (non-hydrogen) atoms. The van der Waals surface area contributed by atoms with E-state index in [2.05, 4.69) is 16.8 Å². The zero-order valence-corrected chi connectivity index (χ0v) is 16.5. The zero-order chi connectivity index (χ0) is 20.0. The average Bonchev–Trinajstić information content (AvgIpc) is 2.52. The summed E-state index contributed by atoms with van der Waals surface area (Å²) < 4.78 is 33.8. The number of esters is 1. The first kappa shape index (κ1) is 22.2. The normalized spacial score (nSPS) is 11.7. The number of ether oxygens (including phenoxy) is 1. The lowest BCUT2D eigenvalue weighted by Crippen LogP contribution is -2.23. The van der Waals surface area contributed by atoms with Crippen molar-refractivity contribution in [3.8, 4) is 11.8 Å². The number of aryl methyl sites for hydroxylation is 1. The van der Waals surface area contributed by atoms with Crippen LogP contribution in [0.25, 0.3) is 0 Å². The van der Waals surface area contributed by atoms with E-state index in [0.717, 1.165) is 11.8 Å². The maximum absolute atomic E-state index is 13.9. The van der Waals surface area contributed by atoms with Crippen LogP contribution in [-0.2, 0) is 16.6 Å². The maximum Gasteiger partial charge on any atom is 0.384 e. The van der Waals surface area contributed by atoms with Crippen LogP contribution in [0.1, 0.15) is 39.2 Å². The average molecular weight is 386 g/mol. The van der Waals surface area contributed by atoms with Crippen LogP contribution < -0.4 is 5.56 Å². The molecule has 0 unspecified atom stereocenters.